The summed E-state index contributed by atoms with van der Waals surface area (Å²) >= 11 is 48.1. The van der Waals surface area contributed by atoms with Crippen molar-refractivity contribution in [2.24, 2.45) is 0 Å². The van der Waals surface area contributed by atoms with Crippen molar-refractivity contribution in [3.05, 3.63) is 113 Å². The van der Waals surface area contributed by atoms with E-state index in [0.717, 1.165) is 48.9 Å². The molecule has 5 aliphatic rings. The van der Waals surface area contributed by atoms with Crippen LogP contribution in [0.15, 0.2) is 72.8 Å². The molecule has 524 valence electrons. The van der Waals surface area contributed by atoms with Gasteiger partial charge in [-0.15, -0.1) is 0 Å². The zero-order valence-corrected chi connectivity index (χ0v) is 60.7. The van der Waals surface area contributed by atoms with Crippen LogP contribution in [0.4, 0.5) is 22.7 Å². The van der Waals surface area contributed by atoms with Crippen LogP contribution < -0.4 is 30.2 Å². The molecule has 0 radical (unpaired) electrons. The molecule has 5 aliphatic heterocycles. The third-order valence-electron chi connectivity index (χ3n) is 15.7. The summed E-state index contributed by atoms with van der Waals surface area (Å²) in [6.07, 6.45) is -0.706. The number of ketones is 2. The monoisotopic (exact) mass is 1490 g/mol. The number of ether oxygens (including phenoxy) is 2. The largest absolute Gasteiger partial charge is 0.481 e. The number of halogens is 8. The van der Waals surface area contributed by atoms with Crippen LogP contribution in [0.2, 0.25) is 40.2 Å². The first-order valence-corrected chi connectivity index (χ1v) is 34.5. The second kappa shape index (κ2) is 36.7. The number of piperazine rings is 4. The average Bonchev–Trinajstić information content (AvgIpc) is 1.63. The summed E-state index contributed by atoms with van der Waals surface area (Å²) in [6, 6.07) is 21.7. The van der Waals surface area contributed by atoms with E-state index < -0.39 is 40.6 Å². The van der Waals surface area contributed by atoms with E-state index in [2.05, 4.69) is 30.2 Å². The number of hydrogen-bond acceptors (Lipinski definition) is 16. The van der Waals surface area contributed by atoms with Crippen molar-refractivity contribution in [2.45, 2.75) is 116 Å². The van der Waals surface area contributed by atoms with Crippen molar-refractivity contribution >= 4 is 169 Å². The Morgan fingerprint density at radius 3 is 1.06 bits per heavy atom. The number of carboxylic acid groups (broad SMARTS) is 1. The lowest BCUT2D eigenvalue weighted by Gasteiger charge is -2.37. The van der Waals surface area contributed by atoms with Crippen molar-refractivity contribution in [2.75, 3.05) is 124 Å². The van der Waals surface area contributed by atoms with Gasteiger partial charge in [0.05, 0.1) is 19.3 Å². The normalized spacial score (nSPS) is 17.4. The van der Waals surface area contributed by atoms with E-state index in [1.807, 2.05) is 48.5 Å². The minimum atomic E-state index is -1.39. The van der Waals surface area contributed by atoms with Crippen LogP contribution in [-0.4, -0.2) is 194 Å². The van der Waals surface area contributed by atoms with E-state index in [-0.39, 0.29) is 87.1 Å². The molecule has 5 fully saturated rings. The number of anilines is 4. The molecular formula is C67H83Cl8N9O12. The number of rotatable bonds is 17. The lowest BCUT2D eigenvalue weighted by Crippen LogP contribution is -2.51. The molecule has 5 heterocycles. The van der Waals surface area contributed by atoms with E-state index in [0.29, 0.717) is 119 Å². The Hall–Kier alpha value is -6.01. The Kier molecular flexibility index (Phi) is 30.2. The fourth-order valence-electron chi connectivity index (χ4n) is 11.1. The molecule has 0 spiro atoms. The number of benzene rings is 4. The minimum absolute atomic E-state index is 0.0395. The molecular weight excluding hydrogens is 1410 g/mol. The quantitative estimate of drug-likeness (QED) is 0.0658. The molecule has 29 heteroatoms. The molecule has 4 amide bonds. The van der Waals surface area contributed by atoms with E-state index in [4.69, 9.17) is 107 Å². The molecule has 1 atom stereocenters. The number of carboxylic acids is 1. The zero-order chi connectivity index (χ0) is 70.7. The van der Waals surface area contributed by atoms with Gasteiger partial charge in [0.15, 0.2) is 5.78 Å². The summed E-state index contributed by atoms with van der Waals surface area (Å²) < 4.78 is 10.5. The Morgan fingerprint density at radius 2 is 0.750 bits per heavy atom. The number of nitrogens with zero attached hydrogens (tertiary/aromatic N) is 7. The molecule has 0 aliphatic carbocycles. The summed E-state index contributed by atoms with van der Waals surface area (Å²) in [5.74, 6) is -3.51. The topological polar surface area (TPSA) is 239 Å². The smallest absolute Gasteiger partial charge is 0.313 e. The molecule has 1 unspecified atom stereocenters. The molecule has 9 rings (SSSR count). The maximum atomic E-state index is 12.9. The molecule has 96 heavy (non-hydrogen) atoms. The number of Topliss-reactive ketones (excluding diaryl/α,β-unsaturated/α-hetero) is 2. The van der Waals surface area contributed by atoms with Crippen LogP contribution in [-0.2, 0) is 52.6 Å². The van der Waals surface area contributed by atoms with Crippen molar-refractivity contribution in [3.63, 3.8) is 0 Å². The van der Waals surface area contributed by atoms with E-state index in [1.165, 1.54) is 0 Å². The van der Waals surface area contributed by atoms with Crippen LogP contribution in [0.3, 0.4) is 0 Å². The zero-order valence-electron chi connectivity index (χ0n) is 54.7. The Bertz CT molecular complexity index is 3330. The first-order chi connectivity index (χ1) is 45.1. The number of carbonyl (C=O) groups is 9. The Balaban J connectivity index is 0.000000210. The van der Waals surface area contributed by atoms with E-state index in [9.17, 15) is 43.2 Å². The van der Waals surface area contributed by atoms with Crippen LogP contribution in [0.5, 0.6) is 0 Å². The van der Waals surface area contributed by atoms with Gasteiger partial charge in [-0.3, -0.25) is 43.2 Å². The van der Waals surface area contributed by atoms with Crippen molar-refractivity contribution in [1.29, 1.82) is 0 Å². The van der Waals surface area contributed by atoms with Gasteiger partial charge in [-0.25, -0.2) is 0 Å². The first-order valence-electron chi connectivity index (χ1n) is 31.5. The molecule has 4 aromatic rings. The molecule has 3 N–H and O–H groups in total. The van der Waals surface area contributed by atoms with E-state index in [1.54, 1.807) is 80.5 Å². The lowest BCUT2D eigenvalue weighted by atomic mass is 9.86. The van der Waals surface area contributed by atoms with E-state index >= 15 is 0 Å². The SMILES string of the molecule is CC(C)(C)OC(=O)CC(=O)CCC(=O)N1CCN(c2cc(Cl)cc(Cl)c2)CC1.CC(C)(C)OC(=O)CC1(CCC(=O)N2CCN(c3cc(Cl)cc(Cl)c3)CC2)NC(=O)CC1=O.Clc1cc(Cl)cc(N2CCNCC2)c1.O=C(O)CCC(=O)N1CCN(c2cc(Cl)cc(Cl)c2)CC1. The second-order valence-electron chi connectivity index (χ2n) is 25.5. The maximum absolute atomic E-state index is 12.9. The molecule has 0 bridgehead atoms. The van der Waals surface area contributed by atoms with Crippen LogP contribution in [0.25, 0.3) is 0 Å². The molecule has 21 nitrogen and oxygen atoms in total. The van der Waals surface area contributed by atoms with Gasteiger partial charge in [0.2, 0.25) is 23.6 Å². The average molecular weight is 1490 g/mol. The number of esters is 2. The van der Waals surface area contributed by atoms with Gasteiger partial charge in [-0.1, -0.05) is 92.8 Å². The van der Waals surface area contributed by atoms with Gasteiger partial charge in [0.25, 0.3) is 0 Å². The molecule has 0 saturated carbocycles. The van der Waals surface area contributed by atoms with Gasteiger partial charge in [0.1, 0.15) is 28.9 Å². The fraction of sp³-hybridized carbons (Fsp3) is 0.507. The van der Waals surface area contributed by atoms with Crippen LogP contribution in [0, 0.1) is 0 Å². The summed E-state index contributed by atoms with van der Waals surface area (Å²) in [7, 11) is 0. The van der Waals surface area contributed by atoms with Crippen LogP contribution >= 0.6 is 92.8 Å². The number of carbonyl (C=O) groups excluding carboxylic acids is 8. The number of hydrogen-bond donors (Lipinski definition) is 3. The van der Waals surface area contributed by atoms with Gasteiger partial charge in [-0.05, 0) is 121 Å². The first kappa shape index (κ1) is 79.0. The summed E-state index contributed by atoms with van der Waals surface area (Å²) in [5.41, 5.74) is 1.14. The fourth-order valence-corrected chi connectivity index (χ4v) is 13.1. The van der Waals surface area contributed by atoms with Crippen LogP contribution in [0.1, 0.15) is 99.3 Å². The van der Waals surface area contributed by atoms with Crippen molar-refractivity contribution in [3.8, 4) is 0 Å². The number of nitrogens with one attached hydrogen (secondary N) is 2. The predicted octanol–water partition coefficient (Wildman–Crippen LogP) is 11.6. The number of amides is 4. The highest BCUT2D eigenvalue weighted by molar-refractivity contribution is 6.37. The molecule has 4 aromatic carbocycles. The molecule has 5 saturated heterocycles. The highest BCUT2D eigenvalue weighted by Gasteiger charge is 2.48. The highest BCUT2D eigenvalue weighted by Crippen LogP contribution is 2.32. The number of aliphatic carboxylic acids is 1. The summed E-state index contributed by atoms with van der Waals surface area (Å²) in [5, 5.41) is 19.4. The highest BCUT2D eigenvalue weighted by atomic mass is 35.5. The third-order valence-corrected chi connectivity index (χ3v) is 17.4. The van der Waals surface area contributed by atoms with Gasteiger partial charge < -0.3 is 59.5 Å². The van der Waals surface area contributed by atoms with Gasteiger partial charge in [0, 0.05) is 193 Å². The Labute approximate surface area is 601 Å². The van der Waals surface area contributed by atoms with Gasteiger partial charge >= 0.3 is 17.9 Å². The molecule has 0 aromatic heterocycles. The third kappa shape index (κ3) is 26.7. The summed E-state index contributed by atoms with van der Waals surface area (Å²) in [6.45, 7) is 21.6. The Morgan fingerprint density at radius 1 is 0.438 bits per heavy atom. The summed E-state index contributed by atoms with van der Waals surface area (Å²) in [4.78, 5) is 122. The van der Waals surface area contributed by atoms with Gasteiger partial charge in [-0.2, -0.15) is 0 Å². The second-order valence-corrected chi connectivity index (χ2v) is 29.0. The maximum Gasteiger partial charge on any atom is 0.313 e. The predicted molar refractivity (Wildman–Crippen MR) is 379 cm³/mol. The lowest BCUT2D eigenvalue weighted by molar-refractivity contribution is -0.158. The van der Waals surface area contributed by atoms with Crippen molar-refractivity contribution in [1.82, 2.24) is 25.3 Å². The minimum Gasteiger partial charge on any atom is -0.481 e. The standard InChI is InChI=1S/C23H29Cl2N3O5.C20H26Cl2N2O4.C14H16Cl2N2O3.C10H12Cl2N2/c1-22(2,3)33-21(32)14-23(18(29)13-19(30)26-23)5-4-20(31)28-8-6-27(7-9-28)17-11-15(24)10-16(25)12-17;1-20(2,3)28-19(27)13-17(25)4-5-18(26)24-8-6-23(7-9-24)16-11-14(21)10-15(22)12-16;15-10-7-11(16)9-12(8-10)17-3-5-18(6-4-17)13(19)1-2-14(20)21;11-8-5-9(12)7-10(6-8)14-3-1-13-2-4-14/h10-12H,4-9,13-14H2,1-3H3,(H,26,30);10-12H,4-9,13H2,1-3H3;7-9H,1-6H2,(H,20,21);5-7,13H,1-4H2. The van der Waals surface area contributed by atoms with Crippen molar-refractivity contribution < 1.29 is 57.7 Å².